The van der Waals surface area contributed by atoms with Crippen molar-refractivity contribution in [3.05, 3.63) is 41.9 Å². The lowest BCUT2D eigenvalue weighted by Crippen LogP contribution is -1.93. The quantitative estimate of drug-likeness (QED) is 0.703. The molecular formula is C12H11N3. The Kier molecular flexibility index (Phi) is 2.26. The van der Waals surface area contributed by atoms with Crippen LogP contribution in [-0.4, -0.2) is 9.55 Å². The molecule has 0 aliphatic heterocycles. The normalized spacial score (nSPS) is 9.93. The second-order valence-corrected chi connectivity index (χ2v) is 3.48. The van der Waals surface area contributed by atoms with E-state index in [0.717, 1.165) is 16.8 Å². The summed E-state index contributed by atoms with van der Waals surface area (Å²) in [6.07, 6.45) is 3.57. The fourth-order valence-corrected chi connectivity index (χ4v) is 1.65. The van der Waals surface area contributed by atoms with Crippen LogP contribution >= 0.6 is 0 Å². The van der Waals surface area contributed by atoms with Gasteiger partial charge in [0.25, 0.3) is 0 Å². The van der Waals surface area contributed by atoms with Crippen molar-refractivity contribution in [2.24, 2.45) is 7.05 Å². The van der Waals surface area contributed by atoms with Crippen LogP contribution in [0.15, 0.2) is 30.7 Å². The minimum atomic E-state index is 0.716. The second kappa shape index (κ2) is 3.58. The average Bonchev–Trinajstić information content (AvgIpc) is 2.65. The third-order valence-corrected chi connectivity index (χ3v) is 2.55. The summed E-state index contributed by atoms with van der Waals surface area (Å²) in [5.74, 6) is 0. The molecule has 0 aliphatic rings. The molecule has 0 saturated carbocycles. The second-order valence-electron chi connectivity index (χ2n) is 3.48. The highest BCUT2D eigenvalue weighted by Crippen LogP contribution is 2.24. The van der Waals surface area contributed by atoms with Crippen molar-refractivity contribution in [2.45, 2.75) is 6.92 Å². The predicted molar refractivity (Wildman–Crippen MR) is 58.1 cm³/mol. The zero-order chi connectivity index (χ0) is 10.8. The van der Waals surface area contributed by atoms with Crippen LogP contribution in [0.3, 0.4) is 0 Å². The van der Waals surface area contributed by atoms with Crippen molar-refractivity contribution >= 4 is 0 Å². The van der Waals surface area contributed by atoms with Gasteiger partial charge in [-0.2, -0.15) is 5.26 Å². The predicted octanol–water partition coefficient (Wildman–Crippen LogP) is 2.27. The maximum atomic E-state index is 8.94. The number of imidazole rings is 1. The number of hydrogen-bond donors (Lipinski definition) is 0. The SMILES string of the molecule is Cc1c(C#N)cccc1-c1cncn1C. The van der Waals surface area contributed by atoms with Gasteiger partial charge >= 0.3 is 0 Å². The molecule has 0 atom stereocenters. The summed E-state index contributed by atoms with van der Waals surface area (Å²) in [4.78, 5) is 4.07. The molecule has 2 rings (SSSR count). The number of aryl methyl sites for hydroxylation is 1. The van der Waals surface area contributed by atoms with Crippen molar-refractivity contribution in [3.8, 4) is 17.3 Å². The maximum absolute atomic E-state index is 8.94. The first kappa shape index (κ1) is 9.47. The standard InChI is InChI=1S/C12H11N3/c1-9-10(6-13)4-3-5-11(9)12-7-14-8-15(12)2/h3-5,7-8H,1-2H3. The lowest BCUT2D eigenvalue weighted by atomic mass is 10.0. The molecule has 1 aromatic carbocycles. The van der Waals surface area contributed by atoms with Gasteiger partial charge in [-0.3, -0.25) is 0 Å². The van der Waals surface area contributed by atoms with Crippen molar-refractivity contribution in [3.63, 3.8) is 0 Å². The first-order chi connectivity index (χ1) is 7.24. The van der Waals surface area contributed by atoms with E-state index in [1.807, 2.05) is 42.9 Å². The van der Waals surface area contributed by atoms with Gasteiger partial charge in [0.2, 0.25) is 0 Å². The van der Waals surface area contributed by atoms with Crippen LogP contribution in [-0.2, 0) is 7.05 Å². The fourth-order valence-electron chi connectivity index (χ4n) is 1.65. The topological polar surface area (TPSA) is 41.6 Å². The van der Waals surface area contributed by atoms with Gasteiger partial charge < -0.3 is 4.57 Å². The Bertz CT molecular complexity index is 532. The molecule has 0 saturated heterocycles. The minimum Gasteiger partial charge on any atom is -0.334 e. The zero-order valence-electron chi connectivity index (χ0n) is 8.73. The molecule has 3 heteroatoms. The Labute approximate surface area is 88.6 Å². The maximum Gasteiger partial charge on any atom is 0.0994 e. The van der Waals surface area contributed by atoms with Crippen molar-refractivity contribution in [1.82, 2.24) is 9.55 Å². The van der Waals surface area contributed by atoms with Crippen molar-refractivity contribution < 1.29 is 0 Å². The first-order valence-corrected chi connectivity index (χ1v) is 4.70. The van der Waals surface area contributed by atoms with Gasteiger partial charge in [-0.05, 0) is 18.6 Å². The summed E-state index contributed by atoms with van der Waals surface area (Å²) < 4.78 is 1.95. The van der Waals surface area contributed by atoms with E-state index in [2.05, 4.69) is 11.1 Å². The molecule has 15 heavy (non-hydrogen) atoms. The molecule has 1 heterocycles. The van der Waals surface area contributed by atoms with E-state index in [1.165, 1.54) is 0 Å². The zero-order valence-corrected chi connectivity index (χ0v) is 8.73. The van der Waals surface area contributed by atoms with E-state index in [4.69, 9.17) is 5.26 Å². The van der Waals surface area contributed by atoms with Gasteiger partial charge in [-0.1, -0.05) is 12.1 Å². The van der Waals surface area contributed by atoms with E-state index in [9.17, 15) is 0 Å². The molecule has 0 N–H and O–H groups in total. The summed E-state index contributed by atoms with van der Waals surface area (Å²) in [5, 5.41) is 8.94. The number of benzene rings is 1. The monoisotopic (exact) mass is 197 g/mol. The molecular weight excluding hydrogens is 186 g/mol. The Hall–Kier alpha value is -2.08. The summed E-state index contributed by atoms with van der Waals surface area (Å²) in [6.45, 7) is 1.96. The lowest BCUT2D eigenvalue weighted by molar-refractivity contribution is 0.920. The number of hydrogen-bond acceptors (Lipinski definition) is 2. The first-order valence-electron chi connectivity index (χ1n) is 4.70. The molecule has 0 aliphatic carbocycles. The minimum absolute atomic E-state index is 0.716. The number of nitrogens with zero attached hydrogens (tertiary/aromatic N) is 3. The highest BCUT2D eigenvalue weighted by atomic mass is 15.0. The summed E-state index contributed by atoms with van der Waals surface area (Å²) in [6, 6.07) is 7.92. The highest BCUT2D eigenvalue weighted by molar-refractivity contribution is 5.66. The van der Waals surface area contributed by atoms with Gasteiger partial charge in [0.1, 0.15) is 0 Å². The molecule has 0 amide bonds. The molecule has 0 unspecified atom stereocenters. The van der Waals surface area contributed by atoms with E-state index in [-0.39, 0.29) is 0 Å². The average molecular weight is 197 g/mol. The number of aromatic nitrogens is 2. The number of nitriles is 1. The van der Waals surface area contributed by atoms with Gasteiger partial charge in [-0.25, -0.2) is 4.98 Å². The molecule has 3 nitrogen and oxygen atoms in total. The van der Waals surface area contributed by atoms with Crippen LogP contribution in [0, 0.1) is 18.3 Å². The lowest BCUT2D eigenvalue weighted by Gasteiger charge is -2.07. The molecule has 74 valence electrons. The van der Waals surface area contributed by atoms with E-state index >= 15 is 0 Å². The third-order valence-electron chi connectivity index (χ3n) is 2.55. The largest absolute Gasteiger partial charge is 0.334 e. The van der Waals surface area contributed by atoms with Gasteiger partial charge in [0.05, 0.1) is 29.9 Å². The molecule has 0 spiro atoms. The molecule has 0 bridgehead atoms. The Morgan fingerprint density at radius 3 is 2.80 bits per heavy atom. The van der Waals surface area contributed by atoms with Crippen LogP contribution < -0.4 is 0 Å². The van der Waals surface area contributed by atoms with Crippen molar-refractivity contribution in [2.75, 3.05) is 0 Å². The Balaban J connectivity index is 2.65. The van der Waals surface area contributed by atoms with Crippen molar-refractivity contribution in [1.29, 1.82) is 5.26 Å². The smallest absolute Gasteiger partial charge is 0.0994 e. The van der Waals surface area contributed by atoms with E-state index in [1.54, 1.807) is 6.33 Å². The molecule has 2 aromatic rings. The van der Waals surface area contributed by atoms with Gasteiger partial charge in [0, 0.05) is 12.6 Å². The van der Waals surface area contributed by atoms with Crippen LogP contribution in [0.4, 0.5) is 0 Å². The van der Waals surface area contributed by atoms with Crippen LogP contribution in [0.5, 0.6) is 0 Å². The fraction of sp³-hybridized carbons (Fsp3) is 0.167. The van der Waals surface area contributed by atoms with Crippen LogP contribution in [0.1, 0.15) is 11.1 Å². The molecule has 0 radical (unpaired) electrons. The van der Waals surface area contributed by atoms with Gasteiger partial charge in [-0.15, -0.1) is 0 Å². The summed E-state index contributed by atoms with van der Waals surface area (Å²) in [7, 11) is 1.95. The van der Waals surface area contributed by atoms with Crippen LogP contribution in [0.25, 0.3) is 11.3 Å². The van der Waals surface area contributed by atoms with Crippen LogP contribution in [0.2, 0.25) is 0 Å². The number of rotatable bonds is 1. The Morgan fingerprint density at radius 2 is 2.20 bits per heavy atom. The Morgan fingerprint density at radius 1 is 1.40 bits per heavy atom. The van der Waals surface area contributed by atoms with E-state index in [0.29, 0.717) is 5.56 Å². The highest BCUT2D eigenvalue weighted by Gasteiger charge is 2.08. The van der Waals surface area contributed by atoms with E-state index < -0.39 is 0 Å². The van der Waals surface area contributed by atoms with Gasteiger partial charge in [0.15, 0.2) is 0 Å². The molecule has 0 fully saturated rings. The third kappa shape index (κ3) is 1.50. The molecule has 1 aromatic heterocycles. The summed E-state index contributed by atoms with van der Waals surface area (Å²) >= 11 is 0. The summed E-state index contributed by atoms with van der Waals surface area (Å²) in [5.41, 5.74) is 3.82.